The van der Waals surface area contributed by atoms with Crippen molar-refractivity contribution < 1.29 is 4.79 Å². The van der Waals surface area contributed by atoms with Crippen LogP contribution in [0.5, 0.6) is 0 Å². The number of fused-ring (bicyclic) bond motifs is 1. The maximum Gasteiger partial charge on any atom is 0.153 e. The topological polar surface area (TPSA) is 33.2 Å². The molecule has 0 N–H and O–H groups in total. The van der Waals surface area contributed by atoms with Gasteiger partial charge in [0.15, 0.2) is 6.29 Å². The van der Waals surface area contributed by atoms with Crippen molar-refractivity contribution in [2.24, 2.45) is 0 Å². The van der Waals surface area contributed by atoms with Crippen molar-refractivity contribution in [2.75, 3.05) is 11.4 Å². The van der Waals surface area contributed by atoms with E-state index in [2.05, 4.69) is 23.3 Å². The molecule has 1 aromatic carbocycles. The fourth-order valence-corrected chi connectivity index (χ4v) is 3.11. The second kappa shape index (κ2) is 6.06. The second-order valence-electron chi connectivity index (χ2n) is 4.81. The summed E-state index contributed by atoms with van der Waals surface area (Å²) in [6.45, 7) is 3.67. The molecule has 2 heterocycles. The van der Waals surface area contributed by atoms with Gasteiger partial charge in [-0.3, -0.25) is 4.79 Å². The molecule has 2 aromatic heterocycles. The maximum atomic E-state index is 11.4. The number of nitrogens with zero attached hydrogens (tertiary/aromatic N) is 2. The monoisotopic (exact) mass is 296 g/mol. The Morgan fingerprint density at radius 1 is 1.24 bits per heavy atom. The van der Waals surface area contributed by atoms with Crippen LogP contribution in [0.15, 0.2) is 47.8 Å². The van der Waals surface area contributed by atoms with Crippen LogP contribution < -0.4 is 4.90 Å². The molecular weight excluding hydrogens is 280 g/mol. The molecule has 0 amide bonds. The highest BCUT2D eigenvalue weighted by molar-refractivity contribution is 7.09. The van der Waals surface area contributed by atoms with Crippen LogP contribution in [0.4, 0.5) is 5.82 Å². The van der Waals surface area contributed by atoms with E-state index in [0.29, 0.717) is 5.56 Å². The van der Waals surface area contributed by atoms with Gasteiger partial charge in [0.1, 0.15) is 5.82 Å². The first-order chi connectivity index (χ1) is 10.3. The van der Waals surface area contributed by atoms with Crippen LogP contribution in [-0.4, -0.2) is 17.8 Å². The highest BCUT2D eigenvalue weighted by Gasteiger charge is 2.13. The second-order valence-corrected chi connectivity index (χ2v) is 5.84. The molecule has 0 bridgehead atoms. The molecule has 3 nitrogen and oxygen atoms in total. The molecule has 0 fully saturated rings. The Morgan fingerprint density at radius 3 is 2.81 bits per heavy atom. The van der Waals surface area contributed by atoms with Crippen LogP contribution in [-0.2, 0) is 6.54 Å². The van der Waals surface area contributed by atoms with Crippen molar-refractivity contribution in [1.82, 2.24) is 4.98 Å². The summed E-state index contributed by atoms with van der Waals surface area (Å²) in [5.41, 5.74) is 1.56. The Hall–Kier alpha value is -2.20. The number of anilines is 1. The number of hydrogen-bond donors (Lipinski definition) is 0. The first-order valence-electron chi connectivity index (χ1n) is 6.94. The zero-order chi connectivity index (χ0) is 14.7. The standard InChI is InChI=1S/C17H16N2OS/c1-2-19(11-15-7-5-9-21-15)17-14(12-20)10-13-6-3-4-8-16(13)18-17/h3-10,12H,2,11H2,1H3. The SMILES string of the molecule is CCN(Cc1cccs1)c1nc2ccccc2cc1C=O. The fourth-order valence-electron chi connectivity index (χ4n) is 2.39. The predicted octanol–water partition coefficient (Wildman–Crippen LogP) is 4.14. The summed E-state index contributed by atoms with van der Waals surface area (Å²) in [6.07, 6.45) is 0.895. The number of rotatable bonds is 5. The summed E-state index contributed by atoms with van der Waals surface area (Å²) >= 11 is 1.72. The molecular formula is C17H16N2OS. The largest absolute Gasteiger partial charge is 0.351 e. The van der Waals surface area contributed by atoms with E-state index in [1.165, 1.54) is 4.88 Å². The highest BCUT2D eigenvalue weighted by atomic mass is 32.1. The van der Waals surface area contributed by atoms with Crippen LogP contribution in [0, 0.1) is 0 Å². The van der Waals surface area contributed by atoms with Crippen LogP contribution in [0.25, 0.3) is 10.9 Å². The van der Waals surface area contributed by atoms with Crippen molar-refractivity contribution in [3.63, 3.8) is 0 Å². The summed E-state index contributed by atoms with van der Waals surface area (Å²) in [6, 6.07) is 14.0. The average Bonchev–Trinajstić information content (AvgIpc) is 3.04. The van der Waals surface area contributed by atoms with Crippen molar-refractivity contribution in [3.8, 4) is 0 Å². The number of aldehydes is 1. The Morgan fingerprint density at radius 2 is 2.10 bits per heavy atom. The molecule has 3 aromatic rings. The Kier molecular flexibility index (Phi) is 3.97. The number of carbonyl (C=O) groups excluding carboxylic acids is 1. The van der Waals surface area contributed by atoms with Gasteiger partial charge in [-0.1, -0.05) is 24.3 Å². The quantitative estimate of drug-likeness (QED) is 0.664. The molecule has 0 aliphatic carbocycles. The zero-order valence-electron chi connectivity index (χ0n) is 11.8. The van der Waals surface area contributed by atoms with Gasteiger partial charge in [0.05, 0.1) is 17.6 Å². The number of para-hydroxylation sites is 1. The summed E-state index contributed by atoms with van der Waals surface area (Å²) in [4.78, 5) is 19.5. The van der Waals surface area contributed by atoms with Gasteiger partial charge in [-0.05, 0) is 30.5 Å². The van der Waals surface area contributed by atoms with E-state index in [-0.39, 0.29) is 0 Å². The predicted molar refractivity (Wildman–Crippen MR) is 88.2 cm³/mol. The van der Waals surface area contributed by atoms with Crippen LogP contribution in [0.3, 0.4) is 0 Å². The van der Waals surface area contributed by atoms with Crippen molar-refractivity contribution in [3.05, 3.63) is 58.3 Å². The van der Waals surface area contributed by atoms with Crippen LogP contribution >= 0.6 is 11.3 Å². The third-order valence-electron chi connectivity index (χ3n) is 3.47. The van der Waals surface area contributed by atoms with Gasteiger partial charge in [0.25, 0.3) is 0 Å². The Bertz CT molecular complexity index is 753. The lowest BCUT2D eigenvalue weighted by Crippen LogP contribution is -2.24. The van der Waals surface area contributed by atoms with Gasteiger partial charge in [-0.2, -0.15) is 0 Å². The number of aromatic nitrogens is 1. The van der Waals surface area contributed by atoms with E-state index in [1.54, 1.807) is 11.3 Å². The third-order valence-corrected chi connectivity index (χ3v) is 4.33. The van der Waals surface area contributed by atoms with Gasteiger partial charge in [0.2, 0.25) is 0 Å². The summed E-state index contributed by atoms with van der Waals surface area (Å²) in [5.74, 6) is 0.764. The molecule has 21 heavy (non-hydrogen) atoms. The van der Waals surface area contributed by atoms with Crippen LogP contribution in [0.1, 0.15) is 22.2 Å². The molecule has 0 spiro atoms. The number of thiophene rings is 1. The molecule has 0 unspecified atom stereocenters. The lowest BCUT2D eigenvalue weighted by molar-refractivity contribution is 0.112. The van der Waals surface area contributed by atoms with E-state index in [0.717, 1.165) is 36.1 Å². The number of hydrogen-bond acceptors (Lipinski definition) is 4. The lowest BCUT2D eigenvalue weighted by Gasteiger charge is -2.23. The maximum absolute atomic E-state index is 11.4. The van der Waals surface area contributed by atoms with E-state index in [1.807, 2.05) is 36.4 Å². The molecule has 0 saturated heterocycles. The van der Waals surface area contributed by atoms with Gasteiger partial charge in [-0.15, -0.1) is 11.3 Å². The average molecular weight is 296 g/mol. The minimum atomic E-state index is 0.645. The summed E-state index contributed by atoms with van der Waals surface area (Å²) < 4.78 is 0. The first-order valence-corrected chi connectivity index (χ1v) is 7.82. The minimum Gasteiger partial charge on any atom is -0.351 e. The van der Waals surface area contributed by atoms with Gasteiger partial charge in [0, 0.05) is 16.8 Å². The number of pyridine rings is 1. The molecule has 0 radical (unpaired) electrons. The van der Waals surface area contributed by atoms with Gasteiger partial charge >= 0.3 is 0 Å². The van der Waals surface area contributed by atoms with E-state index >= 15 is 0 Å². The minimum absolute atomic E-state index is 0.645. The molecule has 106 valence electrons. The molecule has 0 saturated carbocycles. The highest BCUT2D eigenvalue weighted by Crippen LogP contribution is 2.24. The Labute approximate surface area is 127 Å². The third kappa shape index (κ3) is 2.81. The van der Waals surface area contributed by atoms with Crippen molar-refractivity contribution in [1.29, 1.82) is 0 Å². The van der Waals surface area contributed by atoms with Crippen molar-refractivity contribution >= 4 is 34.3 Å². The van der Waals surface area contributed by atoms with Gasteiger partial charge in [-0.25, -0.2) is 4.98 Å². The van der Waals surface area contributed by atoms with E-state index in [9.17, 15) is 4.79 Å². The zero-order valence-corrected chi connectivity index (χ0v) is 12.6. The fraction of sp³-hybridized carbons (Fsp3) is 0.176. The smallest absolute Gasteiger partial charge is 0.153 e. The van der Waals surface area contributed by atoms with E-state index in [4.69, 9.17) is 4.98 Å². The normalized spacial score (nSPS) is 10.7. The van der Waals surface area contributed by atoms with Crippen molar-refractivity contribution in [2.45, 2.75) is 13.5 Å². The molecule has 0 aliphatic rings. The molecule has 4 heteroatoms. The number of benzene rings is 1. The molecule has 0 atom stereocenters. The first kappa shape index (κ1) is 13.8. The van der Waals surface area contributed by atoms with Gasteiger partial charge < -0.3 is 4.90 Å². The summed E-state index contributed by atoms with van der Waals surface area (Å²) in [5, 5.41) is 3.06. The summed E-state index contributed by atoms with van der Waals surface area (Å²) in [7, 11) is 0. The molecule has 0 aliphatic heterocycles. The molecule has 3 rings (SSSR count). The Balaban J connectivity index is 2.05. The number of carbonyl (C=O) groups is 1. The van der Waals surface area contributed by atoms with E-state index < -0.39 is 0 Å². The van der Waals surface area contributed by atoms with Crippen LogP contribution in [0.2, 0.25) is 0 Å². The lowest BCUT2D eigenvalue weighted by atomic mass is 10.1.